The van der Waals surface area contributed by atoms with Gasteiger partial charge in [-0.3, -0.25) is 14.2 Å². The van der Waals surface area contributed by atoms with Crippen molar-refractivity contribution < 1.29 is 14.0 Å². The quantitative estimate of drug-likeness (QED) is 0.541. The minimum atomic E-state index is -0.430. The van der Waals surface area contributed by atoms with E-state index in [-0.39, 0.29) is 23.1 Å². The molecule has 8 nitrogen and oxygen atoms in total. The first kappa shape index (κ1) is 21.1. The number of anilines is 1. The molecule has 0 spiro atoms. The van der Waals surface area contributed by atoms with Gasteiger partial charge in [0.1, 0.15) is 5.82 Å². The van der Waals surface area contributed by atoms with Crippen LogP contribution in [0.1, 0.15) is 30.6 Å². The number of aromatic amines is 1. The van der Waals surface area contributed by atoms with E-state index in [2.05, 4.69) is 10.2 Å². The van der Waals surface area contributed by atoms with E-state index < -0.39 is 5.82 Å². The molecule has 2 heterocycles. The summed E-state index contributed by atoms with van der Waals surface area (Å²) < 4.78 is 15.9. The predicted octanol–water partition coefficient (Wildman–Crippen LogP) is 1.76. The van der Waals surface area contributed by atoms with Crippen LogP contribution in [0, 0.1) is 5.82 Å². The van der Waals surface area contributed by atoms with Gasteiger partial charge in [0, 0.05) is 38.3 Å². The van der Waals surface area contributed by atoms with E-state index in [1.807, 2.05) is 11.8 Å². The number of rotatable bonds is 7. The Kier molecular flexibility index (Phi) is 6.73. The number of carbonyl (C=O) groups is 2. The molecule has 3 rings (SSSR count). The van der Waals surface area contributed by atoms with Crippen molar-refractivity contribution in [3.8, 4) is 0 Å². The van der Waals surface area contributed by atoms with E-state index >= 15 is 0 Å². The van der Waals surface area contributed by atoms with Crippen molar-refractivity contribution in [2.75, 3.05) is 36.8 Å². The molecule has 0 atom stereocenters. The van der Waals surface area contributed by atoms with E-state index in [1.54, 1.807) is 17.0 Å². The number of nitrogens with zero attached hydrogens (tertiary/aromatic N) is 4. The van der Waals surface area contributed by atoms with E-state index in [0.717, 1.165) is 6.42 Å². The minimum absolute atomic E-state index is 0.0412. The highest BCUT2D eigenvalue weighted by molar-refractivity contribution is 7.99. The molecule has 2 aromatic rings. The molecule has 1 aromatic heterocycles. The normalized spacial score (nSPS) is 14.3. The van der Waals surface area contributed by atoms with Gasteiger partial charge in [-0.1, -0.05) is 18.7 Å². The summed E-state index contributed by atoms with van der Waals surface area (Å²) in [6, 6.07) is 4.49. The van der Waals surface area contributed by atoms with Gasteiger partial charge in [0.05, 0.1) is 11.4 Å². The summed E-state index contributed by atoms with van der Waals surface area (Å²) in [4.78, 5) is 39.2. The minimum Gasteiger partial charge on any atom is -0.366 e. The van der Waals surface area contributed by atoms with Crippen molar-refractivity contribution in [2.24, 2.45) is 0 Å². The lowest BCUT2D eigenvalue weighted by Crippen LogP contribution is -2.49. The van der Waals surface area contributed by atoms with E-state index in [1.165, 1.54) is 29.3 Å². The topological polar surface area (TPSA) is 91.3 Å². The van der Waals surface area contributed by atoms with Crippen LogP contribution < -0.4 is 10.6 Å². The molecule has 1 fully saturated rings. The maximum absolute atomic E-state index is 14.3. The van der Waals surface area contributed by atoms with Gasteiger partial charge < -0.3 is 9.80 Å². The molecule has 1 aromatic carbocycles. The number of hydrogen-bond acceptors (Lipinski definition) is 6. The van der Waals surface area contributed by atoms with Gasteiger partial charge in [-0.05, 0) is 31.5 Å². The van der Waals surface area contributed by atoms with Crippen LogP contribution in [0.2, 0.25) is 0 Å². The Morgan fingerprint density at radius 2 is 1.97 bits per heavy atom. The number of hydrogen-bond donors (Lipinski definition) is 1. The smallest absolute Gasteiger partial charge is 0.343 e. The van der Waals surface area contributed by atoms with Crippen molar-refractivity contribution in [3.05, 3.63) is 40.1 Å². The van der Waals surface area contributed by atoms with Crippen LogP contribution >= 0.6 is 11.8 Å². The van der Waals surface area contributed by atoms with E-state index in [9.17, 15) is 18.8 Å². The first-order chi connectivity index (χ1) is 13.9. The van der Waals surface area contributed by atoms with Crippen LogP contribution in [-0.4, -0.2) is 63.3 Å². The number of nitrogens with one attached hydrogen (secondary N) is 1. The zero-order valence-electron chi connectivity index (χ0n) is 16.5. The monoisotopic (exact) mass is 421 g/mol. The molecular formula is C19H24FN5O3S. The maximum Gasteiger partial charge on any atom is 0.343 e. The Labute approximate surface area is 172 Å². The number of amides is 1. The number of benzene rings is 1. The lowest BCUT2D eigenvalue weighted by atomic mass is 10.1. The summed E-state index contributed by atoms with van der Waals surface area (Å²) in [5, 5.41) is 6.90. The molecule has 156 valence electrons. The zero-order valence-corrected chi connectivity index (χ0v) is 17.3. The summed E-state index contributed by atoms with van der Waals surface area (Å²) in [5.41, 5.74) is 0.516. The van der Waals surface area contributed by atoms with Crippen LogP contribution in [0.4, 0.5) is 10.1 Å². The number of Topliss-reactive ketones (excluding diaryl/α,β-unsaturated/α-hetero) is 1. The Morgan fingerprint density at radius 3 is 2.59 bits per heavy atom. The van der Waals surface area contributed by atoms with Gasteiger partial charge in [-0.25, -0.2) is 14.3 Å². The van der Waals surface area contributed by atoms with Crippen LogP contribution in [0.25, 0.3) is 0 Å². The van der Waals surface area contributed by atoms with Gasteiger partial charge in [-0.15, -0.1) is 5.10 Å². The Morgan fingerprint density at radius 1 is 1.24 bits per heavy atom. The second-order valence-electron chi connectivity index (χ2n) is 6.84. The summed E-state index contributed by atoms with van der Waals surface area (Å²) in [6.45, 7) is 5.91. The van der Waals surface area contributed by atoms with Crippen molar-refractivity contribution in [1.82, 2.24) is 19.7 Å². The lowest BCUT2D eigenvalue weighted by molar-refractivity contribution is -0.128. The van der Waals surface area contributed by atoms with E-state index in [0.29, 0.717) is 49.1 Å². The first-order valence-corrected chi connectivity index (χ1v) is 10.5. The molecule has 1 amide bonds. The van der Waals surface area contributed by atoms with Gasteiger partial charge in [0.2, 0.25) is 5.91 Å². The van der Waals surface area contributed by atoms with Gasteiger partial charge in [0.25, 0.3) is 0 Å². The highest BCUT2D eigenvalue weighted by Gasteiger charge is 2.23. The molecule has 29 heavy (non-hydrogen) atoms. The Balaban J connectivity index is 1.55. The predicted molar refractivity (Wildman–Crippen MR) is 109 cm³/mol. The van der Waals surface area contributed by atoms with Crippen molar-refractivity contribution in [3.63, 3.8) is 0 Å². The first-order valence-electron chi connectivity index (χ1n) is 9.52. The molecule has 0 unspecified atom stereocenters. The molecule has 0 saturated carbocycles. The summed E-state index contributed by atoms with van der Waals surface area (Å²) in [7, 11) is 0. The van der Waals surface area contributed by atoms with Crippen LogP contribution in [0.15, 0.2) is 28.2 Å². The molecule has 0 radical (unpaired) electrons. The molecule has 10 heteroatoms. The van der Waals surface area contributed by atoms with Crippen LogP contribution in [-0.2, 0) is 11.3 Å². The molecular weight excluding hydrogens is 397 g/mol. The molecule has 1 aliphatic rings. The standard InChI is InChI=1S/C19H24FN5O3S/c1-3-6-25-18(28)21-22-19(25)29-12-17(27)24-9-7-23(8-10-24)16-5-4-14(13(2)26)11-15(16)20/h4-5,11H,3,6-10,12H2,1-2H3,(H,21,28). The number of piperazine rings is 1. The fraction of sp³-hybridized carbons (Fsp3) is 0.474. The third-order valence-electron chi connectivity index (χ3n) is 4.82. The highest BCUT2D eigenvalue weighted by Crippen LogP contribution is 2.23. The van der Waals surface area contributed by atoms with Crippen LogP contribution in [0.3, 0.4) is 0 Å². The Hall–Kier alpha value is -2.62. The van der Waals surface area contributed by atoms with Gasteiger partial charge in [0.15, 0.2) is 10.9 Å². The highest BCUT2D eigenvalue weighted by atomic mass is 32.2. The summed E-state index contributed by atoms with van der Waals surface area (Å²) in [5.74, 6) is -0.457. The van der Waals surface area contributed by atoms with Crippen LogP contribution in [0.5, 0.6) is 0 Å². The number of carbonyl (C=O) groups excluding carboxylic acids is 2. The Bertz CT molecular complexity index is 950. The number of H-pyrrole nitrogens is 1. The number of ketones is 1. The zero-order chi connectivity index (χ0) is 21.0. The fourth-order valence-corrected chi connectivity index (χ4v) is 4.11. The number of halogens is 1. The second-order valence-corrected chi connectivity index (χ2v) is 7.78. The molecule has 0 aliphatic carbocycles. The maximum atomic E-state index is 14.3. The van der Waals surface area contributed by atoms with Crippen molar-refractivity contribution in [1.29, 1.82) is 0 Å². The fourth-order valence-electron chi connectivity index (χ4n) is 3.23. The number of aromatic nitrogens is 3. The lowest BCUT2D eigenvalue weighted by Gasteiger charge is -2.36. The van der Waals surface area contributed by atoms with E-state index in [4.69, 9.17) is 0 Å². The number of thioether (sulfide) groups is 1. The molecule has 1 saturated heterocycles. The van der Waals surface area contributed by atoms with Crippen molar-refractivity contribution in [2.45, 2.75) is 32.0 Å². The second kappa shape index (κ2) is 9.25. The van der Waals surface area contributed by atoms with Gasteiger partial charge in [-0.2, -0.15) is 0 Å². The molecule has 0 bridgehead atoms. The largest absolute Gasteiger partial charge is 0.366 e. The third-order valence-corrected chi connectivity index (χ3v) is 5.78. The molecule has 1 N–H and O–H groups in total. The third kappa shape index (κ3) is 4.87. The SMILES string of the molecule is CCCn1c(SCC(=O)N2CCN(c3ccc(C(C)=O)cc3F)CC2)n[nH]c1=O. The van der Waals surface area contributed by atoms with Crippen molar-refractivity contribution >= 4 is 29.1 Å². The summed E-state index contributed by atoms with van der Waals surface area (Å²) in [6.07, 6.45) is 0.798. The molecule has 1 aliphatic heterocycles. The average molecular weight is 421 g/mol. The average Bonchev–Trinajstić information content (AvgIpc) is 3.06. The van der Waals surface area contributed by atoms with Gasteiger partial charge >= 0.3 is 5.69 Å². The summed E-state index contributed by atoms with van der Waals surface area (Å²) >= 11 is 1.24.